The number of halogens is 3. The molecule has 0 atom stereocenters. The molecule has 0 spiro atoms. The third kappa shape index (κ3) is 11.6. The van der Waals surface area contributed by atoms with E-state index in [1.165, 1.54) is 0 Å². The van der Waals surface area contributed by atoms with Crippen LogP contribution in [0.5, 0.6) is 0 Å². The van der Waals surface area contributed by atoms with E-state index in [0.717, 1.165) is 0 Å². The van der Waals surface area contributed by atoms with Gasteiger partial charge in [-0.1, -0.05) is 0 Å². The topological polar surface area (TPSA) is 72.8 Å². The van der Waals surface area contributed by atoms with E-state index < -0.39 is 30.0 Å². The maximum atomic E-state index is 11.3. The van der Waals surface area contributed by atoms with Crippen LogP contribution < -0.4 is 0 Å². The Morgan fingerprint density at radius 1 is 1.23 bits per heavy atom. The molecule has 0 fully saturated rings. The van der Waals surface area contributed by atoms with E-state index in [9.17, 15) is 21.6 Å². The first-order chi connectivity index (χ1) is 5.71. The van der Waals surface area contributed by atoms with Gasteiger partial charge in [-0.25, -0.2) is 4.18 Å². The van der Waals surface area contributed by atoms with Crippen molar-refractivity contribution in [1.29, 1.82) is 0 Å². The molecule has 0 aromatic carbocycles. The Kier molecular flexibility index (Phi) is 4.61. The second kappa shape index (κ2) is 4.74. The molecular formula is C4H7F3O5S. The molecule has 0 heterocycles. The van der Waals surface area contributed by atoms with E-state index in [1.54, 1.807) is 0 Å². The van der Waals surface area contributed by atoms with Crippen LogP contribution >= 0.6 is 0 Å². The lowest BCUT2D eigenvalue weighted by molar-refractivity contribution is -0.324. The third-order valence-electron chi connectivity index (χ3n) is 0.787. The molecule has 0 rings (SSSR count). The van der Waals surface area contributed by atoms with Gasteiger partial charge in [0.2, 0.25) is 0 Å². The molecular weight excluding hydrogens is 217 g/mol. The fourth-order valence-corrected chi connectivity index (χ4v) is 0.740. The second-order valence-electron chi connectivity index (χ2n) is 1.90. The molecule has 9 heteroatoms. The van der Waals surface area contributed by atoms with Gasteiger partial charge in [-0.15, -0.1) is 13.2 Å². The van der Waals surface area contributed by atoms with E-state index in [1.807, 2.05) is 0 Å². The fourth-order valence-electron chi connectivity index (χ4n) is 0.411. The molecule has 0 saturated heterocycles. The molecule has 0 bridgehead atoms. The maximum absolute atomic E-state index is 11.3. The van der Waals surface area contributed by atoms with Crippen LogP contribution in [0.2, 0.25) is 0 Å². The molecule has 0 radical (unpaired) electrons. The van der Waals surface area contributed by atoms with Gasteiger partial charge in [0.15, 0.2) is 0 Å². The van der Waals surface area contributed by atoms with Crippen molar-refractivity contribution in [2.45, 2.75) is 12.8 Å². The largest absolute Gasteiger partial charge is 0.522 e. The summed E-state index contributed by atoms with van der Waals surface area (Å²) >= 11 is 0. The molecule has 0 unspecified atom stereocenters. The molecule has 0 aliphatic rings. The number of hydrogen-bond acceptors (Lipinski definition) is 4. The summed E-state index contributed by atoms with van der Waals surface area (Å²) in [5, 5.41) is 0. The minimum atomic E-state index is -4.74. The van der Waals surface area contributed by atoms with E-state index in [-0.39, 0.29) is 6.42 Å². The summed E-state index contributed by atoms with van der Waals surface area (Å²) in [4.78, 5) is 0. The quantitative estimate of drug-likeness (QED) is 0.550. The molecule has 0 aliphatic heterocycles. The summed E-state index contributed by atoms with van der Waals surface area (Å²) in [7, 11) is -4.58. The molecule has 13 heavy (non-hydrogen) atoms. The predicted octanol–water partition coefficient (Wildman–Crippen LogP) is 0.732. The molecule has 0 aliphatic carbocycles. The van der Waals surface area contributed by atoms with Gasteiger partial charge in [-0.2, -0.15) is 8.42 Å². The van der Waals surface area contributed by atoms with E-state index in [0.29, 0.717) is 0 Å². The van der Waals surface area contributed by atoms with Crippen LogP contribution in [0.25, 0.3) is 0 Å². The summed E-state index contributed by atoms with van der Waals surface area (Å²) < 4.78 is 68.6. The highest BCUT2D eigenvalue weighted by molar-refractivity contribution is 7.80. The van der Waals surface area contributed by atoms with Crippen molar-refractivity contribution in [3.05, 3.63) is 0 Å². The number of hydrogen-bond donors (Lipinski definition) is 1. The smallest absolute Gasteiger partial charge is 0.292 e. The highest BCUT2D eigenvalue weighted by Crippen LogP contribution is 2.15. The average Bonchev–Trinajstić information content (AvgIpc) is 1.81. The van der Waals surface area contributed by atoms with Crippen molar-refractivity contribution in [1.82, 2.24) is 0 Å². The molecule has 5 nitrogen and oxygen atoms in total. The van der Waals surface area contributed by atoms with Gasteiger partial charge >= 0.3 is 16.8 Å². The van der Waals surface area contributed by atoms with Crippen LogP contribution in [0.1, 0.15) is 6.42 Å². The van der Waals surface area contributed by atoms with Crippen LogP contribution in [0.15, 0.2) is 0 Å². The number of alkyl halides is 3. The Morgan fingerprint density at radius 2 is 1.77 bits per heavy atom. The van der Waals surface area contributed by atoms with Crippen LogP contribution in [-0.4, -0.2) is 32.5 Å². The van der Waals surface area contributed by atoms with Crippen LogP contribution in [-0.2, 0) is 19.3 Å². The molecule has 0 amide bonds. The summed E-state index contributed by atoms with van der Waals surface area (Å²) in [6.45, 7) is -1.28. The minimum absolute atomic E-state index is 0.292. The molecule has 80 valence electrons. The van der Waals surface area contributed by atoms with Crippen LogP contribution in [0.4, 0.5) is 13.2 Å². The Labute approximate surface area is 72.4 Å². The lowest BCUT2D eigenvalue weighted by Gasteiger charge is -2.05. The monoisotopic (exact) mass is 224 g/mol. The van der Waals surface area contributed by atoms with Crippen molar-refractivity contribution in [2.24, 2.45) is 0 Å². The van der Waals surface area contributed by atoms with Gasteiger partial charge in [-0.3, -0.25) is 9.29 Å². The molecule has 0 aromatic rings. The van der Waals surface area contributed by atoms with Gasteiger partial charge in [-0.05, 0) is 6.42 Å². The first kappa shape index (κ1) is 12.6. The Hall–Kier alpha value is -0.380. The zero-order valence-corrected chi connectivity index (χ0v) is 7.06. The minimum Gasteiger partial charge on any atom is -0.292 e. The van der Waals surface area contributed by atoms with Gasteiger partial charge in [0.25, 0.3) is 0 Å². The Morgan fingerprint density at radius 3 is 2.15 bits per heavy atom. The van der Waals surface area contributed by atoms with Crippen molar-refractivity contribution >= 4 is 10.4 Å². The third-order valence-corrected chi connectivity index (χ3v) is 1.25. The predicted molar refractivity (Wildman–Crippen MR) is 34.1 cm³/mol. The molecule has 0 saturated carbocycles. The van der Waals surface area contributed by atoms with Gasteiger partial charge in [0.05, 0.1) is 13.2 Å². The first-order valence-electron chi connectivity index (χ1n) is 3.03. The summed E-state index contributed by atoms with van der Waals surface area (Å²) in [6.07, 6.45) is -5.03. The first-order valence-corrected chi connectivity index (χ1v) is 4.40. The van der Waals surface area contributed by atoms with Crippen molar-refractivity contribution < 1.29 is 35.1 Å². The summed E-state index contributed by atoms with van der Waals surface area (Å²) in [6, 6.07) is 0. The molecule has 0 aromatic heterocycles. The number of ether oxygens (including phenoxy) is 1. The highest BCUT2D eigenvalue weighted by Gasteiger charge is 2.28. The van der Waals surface area contributed by atoms with Crippen LogP contribution in [0.3, 0.4) is 0 Å². The second-order valence-corrected chi connectivity index (χ2v) is 2.99. The Balaban J connectivity index is 3.39. The highest BCUT2D eigenvalue weighted by atomic mass is 32.3. The van der Waals surface area contributed by atoms with Gasteiger partial charge in [0.1, 0.15) is 0 Å². The Bertz CT molecular complexity index is 233. The normalized spacial score (nSPS) is 13.2. The fraction of sp³-hybridized carbons (Fsp3) is 1.00. The summed E-state index contributed by atoms with van der Waals surface area (Å²) in [5.74, 6) is 0. The van der Waals surface area contributed by atoms with Crippen molar-refractivity contribution in [3.8, 4) is 0 Å². The molecule has 1 N–H and O–H groups in total. The van der Waals surface area contributed by atoms with Crippen molar-refractivity contribution in [2.75, 3.05) is 13.2 Å². The van der Waals surface area contributed by atoms with E-state index >= 15 is 0 Å². The average molecular weight is 224 g/mol. The maximum Gasteiger partial charge on any atom is 0.522 e. The van der Waals surface area contributed by atoms with Gasteiger partial charge < -0.3 is 0 Å². The van der Waals surface area contributed by atoms with E-state index in [4.69, 9.17) is 4.55 Å². The lowest BCUT2D eigenvalue weighted by Crippen LogP contribution is -2.15. The van der Waals surface area contributed by atoms with Crippen molar-refractivity contribution in [3.63, 3.8) is 0 Å². The SMILES string of the molecule is O=S(=O)(O)OCCCOC(F)(F)F. The summed E-state index contributed by atoms with van der Waals surface area (Å²) in [5.41, 5.74) is 0. The van der Waals surface area contributed by atoms with Crippen LogP contribution in [0, 0.1) is 0 Å². The standard InChI is InChI=1S/C4H7F3O5S/c5-4(6,7)11-2-1-3-12-13(8,9)10/h1-3H2,(H,8,9,10). The zero-order valence-electron chi connectivity index (χ0n) is 6.24. The number of rotatable bonds is 5. The lowest BCUT2D eigenvalue weighted by atomic mass is 10.5. The van der Waals surface area contributed by atoms with Gasteiger partial charge in [0, 0.05) is 0 Å². The van der Waals surface area contributed by atoms with E-state index in [2.05, 4.69) is 8.92 Å². The zero-order chi connectivity index (χ0) is 10.5.